The summed E-state index contributed by atoms with van der Waals surface area (Å²) in [6.07, 6.45) is 7.56. The number of hydrogen-bond acceptors (Lipinski definition) is 5. The standard InChI is InChI=1S/C9H17N.C2HF6NO4S2/c1-3-4-6-9-7-5-8-10(9)2;3-1(4,5)14(10,11)9-15(12,13)2(6,7)8/h6H,3-5,7-8H2,1-2H3;9H. The molecule has 0 radical (unpaired) electrons. The average Bonchev–Trinajstić information content (AvgIpc) is 2.78. The van der Waals surface area contributed by atoms with Crippen molar-refractivity contribution in [1.29, 1.82) is 0 Å². The van der Waals surface area contributed by atoms with Crippen molar-refractivity contribution in [2.45, 2.75) is 43.6 Å². The second-order valence-corrected chi connectivity index (χ2v) is 8.60. The number of halogens is 6. The van der Waals surface area contributed by atoms with Gasteiger partial charge in [0.15, 0.2) is 0 Å². The Kier molecular flexibility index (Phi) is 8.23. The molecule has 1 fully saturated rings. The zero-order chi connectivity index (χ0) is 20.1. The Morgan fingerprint density at radius 2 is 1.48 bits per heavy atom. The van der Waals surface area contributed by atoms with Crippen LogP contribution in [0.25, 0.3) is 0 Å². The third kappa shape index (κ3) is 7.40. The lowest BCUT2D eigenvalue weighted by Gasteiger charge is -2.11. The minimum atomic E-state index is -6.60. The summed E-state index contributed by atoms with van der Waals surface area (Å²) in [4.78, 5) is 2.37. The predicted octanol–water partition coefficient (Wildman–Crippen LogP) is 2.67. The molecule has 0 amide bonds. The number of alkyl halides is 6. The first kappa shape index (κ1) is 24.0. The summed E-state index contributed by atoms with van der Waals surface area (Å²) in [5.74, 6) is 0. The number of allylic oxidation sites excluding steroid dienone is 2. The highest BCUT2D eigenvalue weighted by molar-refractivity contribution is 8.05. The van der Waals surface area contributed by atoms with Crippen LogP contribution in [0.2, 0.25) is 0 Å². The zero-order valence-corrected chi connectivity index (χ0v) is 14.9. The number of sulfonamides is 2. The third-order valence-corrected chi connectivity index (χ3v) is 5.89. The van der Waals surface area contributed by atoms with Gasteiger partial charge >= 0.3 is 31.1 Å². The van der Waals surface area contributed by atoms with Crippen molar-refractivity contribution >= 4 is 20.0 Å². The van der Waals surface area contributed by atoms with Crippen molar-refractivity contribution in [1.82, 2.24) is 9.03 Å². The summed E-state index contributed by atoms with van der Waals surface area (Å²) in [5, 5.41) is 0. The number of hydrogen-bond donors (Lipinski definition) is 1. The van der Waals surface area contributed by atoms with E-state index in [1.165, 1.54) is 32.2 Å². The van der Waals surface area contributed by atoms with E-state index in [1.54, 1.807) is 5.70 Å². The fourth-order valence-electron chi connectivity index (χ4n) is 1.64. The van der Waals surface area contributed by atoms with Gasteiger partial charge in [-0.25, -0.2) is 16.8 Å². The summed E-state index contributed by atoms with van der Waals surface area (Å²) in [7, 11) is -11.0. The molecule has 150 valence electrons. The van der Waals surface area contributed by atoms with Crippen molar-refractivity contribution in [3.05, 3.63) is 11.8 Å². The summed E-state index contributed by atoms with van der Waals surface area (Å²) in [6.45, 7) is 3.49. The number of nitrogens with zero attached hydrogens (tertiary/aromatic N) is 1. The molecule has 6 nitrogen and oxygen atoms in total. The van der Waals surface area contributed by atoms with Crippen LogP contribution < -0.4 is 4.13 Å². The molecule has 25 heavy (non-hydrogen) atoms. The molecule has 0 saturated carbocycles. The van der Waals surface area contributed by atoms with Crippen LogP contribution in [0.15, 0.2) is 11.8 Å². The summed E-state index contributed by atoms with van der Waals surface area (Å²) in [6, 6.07) is 0. The molecule has 1 rings (SSSR count). The molecule has 0 bridgehead atoms. The fraction of sp³-hybridized carbons (Fsp3) is 0.818. The van der Waals surface area contributed by atoms with E-state index in [0.29, 0.717) is 0 Å². The Bertz CT molecular complexity index is 626. The zero-order valence-electron chi connectivity index (χ0n) is 13.3. The molecule has 0 spiro atoms. The van der Waals surface area contributed by atoms with Gasteiger partial charge < -0.3 is 4.90 Å². The fourth-order valence-corrected chi connectivity index (χ4v) is 3.55. The van der Waals surface area contributed by atoms with Gasteiger partial charge in [-0.1, -0.05) is 23.5 Å². The van der Waals surface area contributed by atoms with Gasteiger partial charge in [-0.05, 0) is 19.3 Å². The molecule has 1 aliphatic rings. The summed E-state index contributed by atoms with van der Waals surface area (Å²) in [5.41, 5.74) is -10.7. The van der Waals surface area contributed by atoms with Crippen molar-refractivity contribution in [3.63, 3.8) is 0 Å². The molecule has 1 aliphatic heterocycles. The lowest BCUT2D eigenvalue weighted by Crippen LogP contribution is -2.45. The molecule has 14 heteroatoms. The second-order valence-electron chi connectivity index (χ2n) is 4.99. The summed E-state index contributed by atoms with van der Waals surface area (Å²) >= 11 is 0. The van der Waals surface area contributed by atoms with E-state index in [0.717, 1.165) is 0 Å². The Morgan fingerprint density at radius 1 is 1.04 bits per heavy atom. The van der Waals surface area contributed by atoms with E-state index in [4.69, 9.17) is 0 Å². The quantitative estimate of drug-likeness (QED) is 0.707. The molecule has 1 saturated heterocycles. The molecule has 1 heterocycles. The maximum absolute atomic E-state index is 11.5. The Hall–Kier alpha value is -1.02. The van der Waals surface area contributed by atoms with E-state index in [2.05, 4.69) is 24.9 Å². The molecule has 1 N–H and O–H groups in total. The maximum Gasteiger partial charge on any atom is 0.512 e. The molecular weight excluding hydrogens is 402 g/mol. The van der Waals surface area contributed by atoms with Gasteiger partial charge in [0.25, 0.3) is 0 Å². The average molecular weight is 420 g/mol. The minimum Gasteiger partial charge on any atom is -0.378 e. The predicted molar refractivity (Wildman–Crippen MR) is 77.9 cm³/mol. The highest BCUT2D eigenvalue weighted by atomic mass is 32.3. The topological polar surface area (TPSA) is 83.6 Å². The van der Waals surface area contributed by atoms with Crippen LogP contribution >= 0.6 is 0 Å². The van der Waals surface area contributed by atoms with Crippen LogP contribution in [0, 0.1) is 0 Å². The number of unbranched alkanes of at least 4 members (excludes halogenated alkanes) is 1. The van der Waals surface area contributed by atoms with Crippen molar-refractivity contribution in [3.8, 4) is 0 Å². The van der Waals surface area contributed by atoms with Crippen molar-refractivity contribution in [2.24, 2.45) is 0 Å². The van der Waals surface area contributed by atoms with Crippen LogP contribution in [0.1, 0.15) is 32.6 Å². The first-order chi connectivity index (χ1) is 11.0. The Labute approximate surface area is 142 Å². The number of likely N-dealkylation sites (tertiary alicyclic amines) is 1. The normalized spacial score (nSPS) is 18.2. The summed E-state index contributed by atoms with van der Waals surface area (Å²) < 4.78 is 108. The molecule has 0 aromatic heterocycles. The Morgan fingerprint density at radius 3 is 1.76 bits per heavy atom. The van der Waals surface area contributed by atoms with Crippen LogP contribution in [-0.4, -0.2) is 46.3 Å². The van der Waals surface area contributed by atoms with Gasteiger partial charge in [0, 0.05) is 19.3 Å². The van der Waals surface area contributed by atoms with E-state index in [1.807, 2.05) is 0 Å². The van der Waals surface area contributed by atoms with Crippen LogP contribution in [0.4, 0.5) is 26.3 Å². The third-order valence-electron chi connectivity index (χ3n) is 2.91. The first-order valence-electron chi connectivity index (χ1n) is 6.86. The van der Waals surface area contributed by atoms with Gasteiger partial charge in [-0.3, -0.25) is 0 Å². The molecular formula is C11H18F6N2O4S2. The van der Waals surface area contributed by atoms with Gasteiger partial charge in [-0.2, -0.15) is 26.3 Å². The van der Waals surface area contributed by atoms with Crippen molar-refractivity contribution < 1.29 is 43.2 Å². The first-order valence-corrected chi connectivity index (χ1v) is 9.83. The molecule has 0 aromatic carbocycles. The molecule has 0 aliphatic carbocycles. The highest BCUT2D eigenvalue weighted by Crippen LogP contribution is 2.27. The molecule has 0 atom stereocenters. The lowest BCUT2D eigenvalue weighted by atomic mass is 10.2. The van der Waals surface area contributed by atoms with Gasteiger partial charge in [0.05, 0.1) is 0 Å². The van der Waals surface area contributed by atoms with Crippen LogP contribution in [0.5, 0.6) is 0 Å². The van der Waals surface area contributed by atoms with Gasteiger partial charge in [0.2, 0.25) is 0 Å². The SMILES string of the molecule is CCCC=C1CCCN1C.O=S(=O)(NS(=O)(=O)C(F)(F)F)C(F)(F)F. The minimum absolute atomic E-state index is 0.493. The van der Waals surface area contributed by atoms with E-state index in [9.17, 15) is 43.2 Å². The van der Waals surface area contributed by atoms with E-state index >= 15 is 0 Å². The molecule has 0 aromatic rings. The largest absolute Gasteiger partial charge is 0.512 e. The van der Waals surface area contributed by atoms with Crippen molar-refractivity contribution in [2.75, 3.05) is 13.6 Å². The Balaban J connectivity index is 0.000000496. The van der Waals surface area contributed by atoms with Crippen LogP contribution in [-0.2, 0) is 20.0 Å². The molecule has 0 unspecified atom stereocenters. The van der Waals surface area contributed by atoms with E-state index < -0.39 is 35.2 Å². The lowest BCUT2D eigenvalue weighted by molar-refractivity contribution is -0.0476. The van der Waals surface area contributed by atoms with Gasteiger partial charge in [-0.15, -0.1) is 0 Å². The van der Waals surface area contributed by atoms with Gasteiger partial charge in [0.1, 0.15) is 0 Å². The maximum atomic E-state index is 11.5. The highest BCUT2D eigenvalue weighted by Gasteiger charge is 2.55. The van der Waals surface area contributed by atoms with E-state index in [-0.39, 0.29) is 0 Å². The van der Waals surface area contributed by atoms with Crippen LogP contribution in [0.3, 0.4) is 0 Å². The smallest absolute Gasteiger partial charge is 0.378 e. The number of rotatable bonds is 4. The second kappa shape index (κ2) is 8.58. The number of nitrogens with one attached hydrogen (secondary N) is 1. The monoisotopic (exact) mass is 420 g/mol.